The van der Waals surface area contributed by atoms with Gasteiger partial charge in [0, 0.05) is 6.20 Å². The molecule has 0 spiro atoms. The molecule has 2 atom stereocenters. The first-order chi connectivity index (χ1) is 12.2. The Morgan fingerprint density at radius 3 is 2.81 bits per heavy atom. The molecule has 1 amide bonds. The smallest absolute Gasteiger partial charge is 0.237 e. The van der Waals surface area contributed by atoms with Crippen molar-refractivity contribution in [3.8, 4) is 5.75 Å². The summed E-state index contributed by atoms with van der Waals surface area (Å²) in [6, 6.07) is 13.5. The lowest BCUT2D eigenvalue weighted by molar-refractivity contribution is -0.124. The number of nitrogens with zero attached hydrogens (tertiary/aromatic N) is 1. The third kappa shape index (κ3) is 7.01. The zero-order valence-electron chi connectivity index (χ0n) is 15.4. The van der Waals surface area contributed by atoms with Crippen molar-refractivity contribution < 1.29 is 9.53 Å². The summed E-state index contributed by atoms with van der Waals surface area (Å²) in [6.45, 7) is 3.35. The van der Waals surface area contributed by atoms with Crippen molar-refractivity contribution in [2.24, 2.45) is 0 Å². The highest BCUT2D eigenvalue weighted by atomic mass is 35.5. The molecule has 1 aliphatic heterocycles. The van der Waals surface area contributed by atoms with E-state index in [0.29, 0.717) is 6.61 Å². The Bertz CT molecular complexity index is 695. The van der Waals surface area contributed by atoms with Gasteiger partial charge in [0.1, 0.15) is 12.4 Å². The molecule has 0 saturated carbocycles. The average Bonchev–Trinajstić information content (AvgIpc) is 2.68. The molecule has 1 saturated heterocycles. The molecule has 2 aromatic rings. The van der Waals surface area contributed by atoms with Crippen LogP contribution >= 0.6 is 24.8 Å². The molecule has 3 rings (SSSR count). The molecule has 0 radical (unpaired) electrons. The number of hydrogen-bond acceptors (Lipinski definition) is 4. The minimum atomic E-state index is -0.0696. The highest BCUT2D eigenvalue weighted by molar-refractivity contribution is 5.85. The summed E-state index contributed by atoms with van der Waals surface area (Å²) in [4.78, 5) is 16.6. The second-order valence-corrected chi connectivity index (χ2v) is 6.42. The van der Waals surface area contributed by atoms with Crippen molar-refractivity contribution in [1.29, 1.82) is 0 Å². The summed E-state index contributed by atoms with van der Waals surface area (Å²) in [5.41, 5.74) is 1.92. The zero-order chi connectivity index (χ0) is 17.5. The molecule has 1 aromatic carbocycles. The molecule has 1 aliphatic rings. The van der Waals surface area contributed by atoms with Gasteiger partial charge in [0.05, 0.1) is 17.8 Å². The van der Waals surface area contributed by atoms with Gasteiger partial charge in [-0.15, -0.1) is 24.8 Å². The largest absolute Gasteiger partial charge is 0.487 e. The number of amides is 1. The molecule has 0 bridgehead atoms. The van der Waals surface area contributed by atoms with Gasteiger partial charge in [0.2, 0.25) is 5.91 Å². The summed E-state index contributed by atoms with van der Waals surface area (Å²) >= 11 is 0. The molecular weight excluding hydrogens is 385 g/mol. The van der Waals surface area contributed by atoms with E-state index in [2.05, 4.69) is 15.6 Å². The van der Waals surface area contributed by atoms with Crippen molar-refractivity contribution in [1.82, 2.24) is 15.6 Å². The Hall–Kier alpha value is -1.82. The van der Waals surface area contributed by atoms with E-state index in [1.165, 1.54) is 0 Å². The summed E-state index contributed by atoms with van der Waals surface area (Å²) in [5.74, 6) is 0.854. The van der Waals surface area contributed by atoms with Crippen molar-refractivity contribution >= 4 is 30.7 Å². The maximum Gasteiger partial charge on any atom is 0.237 e. The fraction of sp³-hybridized carbons (Fsp3) is 0.400. The van der Waals surface area contributed by atoms with Crippen LogP contribution in [-0.4, -0.2) is 23.5 Å². The predicted octanol–water partition coefficient (Wildman–Crippen LogP) is 3.82. The van der Waals surface area contributed by atoms with Gasteiger partial charge in [0.25, 0.3) is 0 Å². The summed E-state index contributed by atoms with van der Waals surface area (Å²) in [6.07, 6.45) is 4.92. The van der Waals surface area contributed by atoms with Gasteiger partial charge in [-0.2, -0.15) is 0 Å². The van der Waals surface area contributed by atoms with E-state index in [1.807, 2.05) is 49.4 Å². The lowest BCUT2D eigenvalue weighted by Crippen LogP contribution is -2.47. The lowest BCUT2D eigenvalue weighted by Gasteiger charge is -2.24. The number of piperidine rings is 1. The van der Waals surface area contributed by atoms with Crippen LogP contribution in [0.2, 0.25) is 0 Å². The normalized spacial score (nSPS) is 17.0. The molecule has 1 fully saturated rings. The maximum atomic E-state index is 12.4. The second kappa shape index (κ2) is 11.8. The Morgan fingerprint density at radius 1 is 1.26 bits per heavy atom. The first-order valence-electron chi connectivity index (χ1n) is 8.89. The molecule has 2 N–H and O–H groups in total. The van der Waals surface area contributed by atoms with E-state index in [-0.39, 0.29) is 42.8 Å². The van der Waals surface area contributed by atoms with Crippen molar-refractivity contribution in [3.63, 3.8) is 0 Å². The van der Waals surface area contributed by atoms with Crippen LogP contribution in [0.5, 0.6) is 5.75 Å². The lowest BCUT2D eigenvalue weighted by atomic mass is 10.0. The molecule has 27 heavy (non-hydrogen) atoms. The van der Waals surface area contributed by atoms with Crippen LogP contribution in [0.4, 0.5) is 0 Å². The number of aromatic nitrogens is 1. The minimum absolute atomic E-state index is 0. The molecule has 0 aliphatic carbocycles. The standard InChI is InChI=1S/C20H25N3O2.2ClH/c1-15(23-20(24)19-10-3-5-12-22-19)16-7-6-9-18(13-16)25-14-17-8-2-4-11-21-17;;/h2,4,6-9,11,13,15,19,22H,3,5,10,12,14H2,1H3,(H,23,24);2*1H/t15?,19-;;/m1../s1. The highest BCUT2D eigenvalue weighted by Gasteiger charge is 2.22. The SMILES string of the molecule is CC(NC(=O)[C@H]1CCCCN1)c1cccc(OCc2ccccn2)c1.Cl.Cl. The van der Waals surface area contributed by atoms with Crippen LogP contribution in [0.3, 0.4) is 0 Å². The number of nitrogens with one attached hydrogen (secondary N) is 2. The Labute approximate surface area is 173 Å². The fourth-order valence-electron chi connectivity index (χ4n) is 2.99. The molecule has 7 heteroatoms. The van der Waals surface area contributed by atoms with Crippen LogP contribution in [0, 0.1) is 0 Å². The predicted molar refractivity (Wildman–Crippen MR) is 112 cm³/mol. The number of ether oxygens (including phenoxy) is 1. The van der Waals surface area contributed by atoms with Crippen LogP contribution in [0.1, 0.15) is 43.5 Å². The topological polar surface area (TPSA) is 63.2 Å². The third-order valence-electron chi connectivity index (χ3n) is 4.46. The van der Waals surface area contributed by atoms with Gasteiger partial charge >= 0.3 is 0 Å². The molecular formula is C20H27Cl2N3O2. The van der Waals surface area contributed by atoms with Gasteiger partial charge in [0.15, 0.2) is 0 Å². The number of halogens is 2. The van der Waals surface area contributed by atoms with E-state index < -0.39 is 0 Å². The van der Waals surface area contributed by atoms with Crippen LogP contribution < -0.4 is 15.4 Å². The third-order valence-corrected chi connectivity index (χ3v) is 4.46. The fourth-order valence-corrected chi connectivity index (χ4v) is 2.99. The van der Waals surface area contributed by atoms with Gasteiger partial charge in [-0.1, -0.05) is 24.6 Å². The first-order valence-corrected chi connectivity index (χ1v) is 8.89. The van der Waals surface area contributed by atoms with Gasteiger partial charge in [-0.25, -0.2) is 0 Å². The number of carbonyl (C=O) groups is 1. The van der Waals surface area contributed by atoms with Crippen LogP contribution in [-0.2, 0) is 11.4 Å². The van der Waals surface area contributed by atoms with Gasteiger partial charge in [-0.05, 0) is 56.1 Å². The summed E-state index contributed by atoms with van der Waals surface area (Å²) in [7, 11) is 0. The Balaban J connectivity index is 0.00000182. The van der Waals surface area contributed by atoms with Gasteiger partial charge in [-0.3, -0.25) is 9.78 Å². The Kier molecular flexibility index (Phi) is 10.1. The van der Waals surface area contributed by atoms with E-state index in [9.17, 15) is 4.79 Å². The van der Waals surface area contributed by atoms with Crippen molar-refractivity contribution in [2.45, 2.75) is 44.9 Å². The monoisotopic (exact) mass is 411 g/mol. The van der Waals surface area contributed by atoms with Crippen molar-refractivity contribution in [2.75, 3.05) is 6.54 Å². The molecule has 1 aromatic heterocycles. The Morgan fingerprint density at radius 2 is 2.11 bits per heavy atom. The number of rotatable bonds is 6. The maximum absolute atomic E-state index is 12.4. The molecule has 2 heterocycles. The number of pyridine rings is 1. The van der Waals surface area contributed by atoms with Crippen molar-refractivity contribution in [3.05, 3.63) is 59.9 Å². The van der Waals surface area contributed by atoms with E-state index in [0.717, 1.165) is 42.8 Å². The molecule has 1 unspecified atom stereocenters. The second-order valence-electron chi connectivity index (χ2n) is 6.42. The molecule has 5 nitrogen and oxygen atoms in total. The zero-order valence-corrected chi connectivity index (χ0v) is 17.0. The molecule has 148 valence electrons. The quantitative estimate of drug-likeness (QED) is 0.757. The number of hydrogen-bond donors (Lipinski definition) is 2. The number of carbonyl (C=O) groups excluding carboxylic acids is 1. The summed E-state index contributed by atoms with van der Waals surface area (Å²) < 4.78 is 5.82. The van der Waals surface area contributed by atoms with Crippen LogP contribution in [0.15, 0.2) is 48.7 Å². The highest BCUT2D eigenvalue weighted by Crippen LogP contribution is 2.20. The van der Waals surface area contributed by atoms with E-state index in [1.54, 1.807) is 6.20 Å². The summed E-state index contributed by atoms with van der Waals surface area (Å²) in [5, 5.41) is 6.38. The van der Waals surface area contributed by atoms with E-state index in [4.69, 9.17) is 4.74 Å². The number of benzene rings is 1. The first kappa shape index (κ1) is 23.2. The van der Waals surface area contributed by atoms with E-state index >= 15 is 0 Å². The van der Waals surface area contributed by atoms with Crippen LogP contribution in [0.25, 0.3) is 0 Å². The minimum Gasteiger partial charge on any atom is -0.487 e. The van der Waals surface area contributed by atoms with Gasteiger partial charge < -0.3 is 15.4 Å². The average molecular weight is 412 g/mol.